The summed E-state index contributed by atoms with van der Waals surface area (Å²) in [4.78, 5) is 15.3. The van der Waals surface area contributed by atoms with Gasteiger partial charge in [0.25, 0.3) is 5.69 Å². The third-order valence-corrected chi connectivity index (χ3v) is 4.99. The zero-order valence-corrected chi connectivity index (χ0v) is 16.0. The minimum absolute atomic E-state index is 0.0437. The minimum atomic E-state index is -0.395. The summed E-state index contributed by atoms with van der Waals surface area (Å²) < 4.78 is 6.97. The number of methoxy groups -OCH3 is 1. The Balaban J connectivity index is 1.81. The Morgan fingerprint density at radius 3 is 2.71 bits per heavy atom. The predicted molar refractivity (Wildman–Crippen MR) is 108 cm³/mol. The Morgan fingerprint density at radius 2 is 2.04 bits per heavy atom. The van der Waals surface area contributed by atoms with Crippen molar-refractivity contribution in [2.24, 2.45) is 0 Å². The van der Waals surface area contributed by atoms with Gasteiger partial charge in [-0.25, -0.2) is 4.68 Å². The first-order chi connectivity index (χ1) is 13.6. The van der Waals surface area contributed by atoms with Crippen molar-refractivity contribution < 1.29 is 9.66 Å². The van der Waals surface area contributed by atoms with Crippen molar-refractivity contribution in [3.8, 4) is 5.75 Å². The molecule has 0 saturated heterocycles. The van der Waals surface area contributed by atoms with Gasteiger partial charge in [-0.15, -0.1) is 5.10 Å². The summed E-state index contributed by atoms with van der Waals surface area (Å²) >= 11 is 1.44. The first-order valence-corrected chi connectivity index (χ1v) is 9.69. The quantitative estimate of drug-likeness (QED) is 0.397. The summed E-state index contributed by atoms with van der Waals surface area (Å²) in [6.07, 6.45) is 3.90. The van der Waals surface area contributed by atoms with Gasteiger partial charge >= 0.3 is 0 Å². The number of thioether (sulfide) groups is 1. The second kappa shape index (κ2) is 7.35. The third kappa shape index (κ3) is 3.31. The maximum atomic E-state index is 11.2. The number of allylic oxidation sites excluding steroid dienone is 1. The van der Waals surface area contributed by atoms with Gasteiger partial charge in [-0.3, -0.25) is 10.1 Å². The number of non-ortho nitro benzene ring substituents is 1. The monoisotopic (exact) mass is 395 g/mol. The van der Waals surface area contributed by atoms with Crippen LogP contribution in [0.5, 0.6) is 5.75 Å². The van der Waals surface area contributed by atoms with Crippen LogP contribution in [0.25, 0.3) is 5.70 Å². The lowest BCUT2D eigenvalue weighted by Crippen LogP contribution is -2.20. The van der Waals surface area contributed by atoms with Crippen molar-refractivity contribution in [3.05, 3.63) is 75.8 Å². The fraction of sp³-hybridized carbons (Fsp3) is 0.158. The molecule has 1 N–H and O–H groups in total. The molecule has 0 spiro atoms. The van der Waals surface area contributed by atoms with Gasteiger partial charge in [0, 0.05) is 17.8 Å². The van der Waals surface area contributed by atoms with Crippen LogP contribution in [0.4, 0.5) is 11.6 Å². The smallest absolute Gasteiger partial charge is 0.269 e. The summed E-state index contributed by atoms with van der Waals surface area (Å²) in [7, 11) is 1.62. The highest BCUT2D eigenvalue weighted by Gasteiger charge is 2.26. The molecule has 2 aromatic carbocycles. The number of nitro benzene ring substituents is 1. The zero-order valence-electron chi connectivity index (χ0n) is 15.2. The summed E-state index contributed by atoms with van der Waals surface area (Å²) in [6, 6.07) is 13.9. The number of nitrogens with zero attached hydrogens (tertiary/aromatic N) is 4. The van der Waals surface area contributed by atoms with E-state index in [0.29, 0.717) is 11.1 Å². The van der Waals surface area contributed by atoms with Crippen LogP contribution in [0.3, 0.4) is 0 Å². The molecule has 3 aromatic rings. The van der Waals surface area contributed by atoms with Gasteiger partial charge in [0.15, 0.2) is 0 Å². The van der Waals surface area contributed by atoms with E-state index < -0.39 is 4.92 Å². The van der Waals surface area contributed by atoms with Crippen molar-refractivity contribution in [1.82, 2.24) is 14.8 Å². The number of fused-ring (bicyclic) bond motifs is 1. The predicted octanol–water partition coefficient (Wildman–Crippen LogP) is 3.97. The molecule has 9 heteroatoms. The van der Waals surface area contributed by atoms with Crippen LogP contribution in [-0.2, 0) is 0 Å². The molecule has 1 aliphatic heterocycles. The number of benzene rings is 2. The van der Waals surface area contributed by atoms with E-state index in [-0.39, 0.29) is 11.7 Å². The number of nitrogens with one attached hydrogen (secondary N) is 1. The molecule has 142 valence electrons. The highest BCUT2D eigenvalue weighted by molar-refractivity contribution is 7.98. The molecule has 4 rings (SSSR count). The third-order valence-electron chi connectivity index (χ3n) is 4.45. The highest BCUT2D eigenvalue weighted by atomic mass is 32.2. The molecule has 0 aliphatic carbocycles. The zero-order chi connectivity index (χ0) is 19.7. The lowest BCUT2D eigenvalue weighted by molar-refractivity contribution is -0.384. The molecular weight excluding hydrogens is 378 g/mol. The van der Waals surface area contributed by atoms with E-state index in [1.165, 1.54) is 17.8 Å². The summed E-state index contributed by atoms with van der Waals surface area (Å²) in [5.74, 6) is 1.36. The lowest BCUT2D eigenvalue weighted by Gasteiger charge is -2.24. The summed E-state index contributed by atoms with van der Waals surface area (Å²) in [6.45, 7) is 0. The fourth-order valence-corrected chi connectivity index (χ4v) is 3.41. The molecule has 1 aromatic heterocycles. The number of hydrogen-bond donors (Lipinski definition) is 1. The Kier molecular flexibility index (Phi) is 4.74. The van der Waals surface area contributed by atoms with E-state index in [2.05, 4.69) is 15.4 Å². The number of rotatable bonds is 5. The highest BCUT2D eigenvalue weighted by Crippen LogP contribution is 2.34. The number of ether oxygens (including phenoxy) is 1. The Labute approximate surface area is 165 Å². The average Bonchev–Trinajstić information content (AvgIpc) is 3.16. The van der Waals surface area contributed by atoms with Crippen LogP contribution in [-0.4, -0.2) is 33.1 Å². The SMILES string of the molecule is COc1ccc(C2=C[C@@H](c3cccc([N+](=O)[O-])c3)n3nc(SC)nc3N2)cc1. The second-order valence-corrected chi connectivity index (χ2v) is 6.87. The van der Waals surface area contributed by atoms with Crippen molar-refractivity contribution >= 4 is 29.1 Å². The molecule has 0 unspecified atom stereocenters. The van der Waals surface area contributed by atoms with Crippen LogP contribution < -0.4 is 10.1 Å². The average molecular weight is 395 g/mol. The van der Waals surface area contributed by atoms with E-state index >= 15 is 0 Å². The van der Waals surface area contributed by atoms with Gasteiger partial charge in [0.05, 0.1) is 12.0 Å². The first kappa shape index (κ1) is 18.1. The molecule has 28 heavy (non-hydrogen) atoms. The Morgan fingerprint density at radius 1 is 1.25 bits per heavy atom. The normalized spacial score (nSPS) is 15.4. The van der Waals surface area contributed by atoms with Crippen molar-refractivity contribution in [1.29, 1.82) is 0 Å². The molecule has 0 saturated carbocycles. The van der Waals surface area contributed by atoms with Gasteiger partial charge in [-0.1, -0.05) is 23.9 Å². The maximum Gasteiger partial charge on any atom is 0.269 e. The second-order valence-electron chi connectivity index (χ2n) is 6.10. The van der Waals surface area contributed by atoms with Crippen LogP contribution in [0.15, 0.2) is 59.8 Å². The van der Waals surface area contributed by atoms with Gasteiger partial charge in [-0.2, -0.15) is 4.98 Å². The molecular formula is C19H17N5O3S. The summed E-state index contributed by atoms with van der Waals surface area (Å²) in [5, 5.41) is 19.7. The van der Waals surface area contributed by atoms with Gasteiger partial charge < -0.3 is 10.1 Å². The first-order valence-electron chi connectivity index (χ1n) is 8.47. The molecule has 1 aliphatic rings. The van der Waals surface area contributed by atoms with Crippen molar-refractivity contribution in [2.45, 2.75) is 11.2 Å². The summed E-state index contributed by atoms with van der Waals surface area (Å²) in [5.41, 5.74) is 2.62. The standard InChI is InChI=1S/C19H17N5O3S/c1-27-15-8-6-12(7-9-15)16-11-17(13-4-3-5-14(10-13)24(25)26)23-18(20-16)21-19(22-23)28-2/h3-11,17H,1-2H3,(H,20,21,22)/t17-/m0/s1. The molecule has 2 heterocycles. The molecule has 1 atom stereocenters. The molecule has 8 nitrogen and oxygen atoms in total. The van der Waals surface area contributed by atoms with E-state index in [1.807, 2.05) is 42.7 Å². The maximum absolute atomic E-state index is 11.2. The van der Waals surface area contributed by atoms with Gasteiger partial charge in [-0.05, 0) is 47.7 Å². The van der Waals surface area contributed by atoms with Crippen molar-refractivity contribution in [2.75, 3.05) is 18.7 Å². The Bertz CT molecular complexity index is 1060. The molecule has 0 bridgehead atoms. The van der Waals surface area contributed by atoms with Crippen LogP contribution in [0, 0.1) is 10.1 Å². The largest absolute Gasteiger partial charge is 0.497 e. The lowest BCUT2D eigenvalue weighted by atomic mass is 10.0. The number of nitro groups is 1. The molecule has 0 amide bonds. The number of anilines is 1. The van der Waals surface area contributed by atoms with Gasteiger partial charge in [0.1, 0.15) is 11.8 Å². The van der Waals surface area contributed by atoms with Gasteiger partial charge in [0.2, 0.25) is 11.1 Å². The minimum Gasteiger partial charge on any atom is -0.497 e. The number of hydrogen-bond acceptors (Lipinski definition) is 7. The van der Waals surface area contributed by atoms with Crippen LogP contribution in [0.1, 0.15) is 17.2 Å². The Hall–Kier alpha value is -3.33. The van der Waals surface area contributed by atoms with E-state index in [1.54, 1.807) is 23.9 Å². The molecule has 0 radical (unpaired) electrons. The van der Waals surface area contributed by atoms with E-state index in [9.17, 15) is 10.1 Å². The van der Waals surface area contributed by atoms with E-state index in [0.717, 1.165) is 22.6 Å². The fourth-order valence-electron chi connectivity index (χ4n) is 3.06. The van der Waals surface area contributed by atoms with Crippen molar-refractivity contribution in [3.63, 3.8) is 0 Å². The topological polar surface area (TPSA) is 95.1 Å². The van der Waals surface area contributed by atoms with E-state index in [4.69, 9.17) is 4.74 Å². The van der Waals surface area contributed by atoms with Crippen LogP contribution in [0.2, 0.25) is 0 Å². The number of aromatic nitrogens is 3. The van der Waals surface area contributed by atoms with Crippen LogP contribution >= 0.6 is 11.8 Å². The molecule has 0 fully saturated rings.